The summed E-state index contributed by atoms with van der Waals surface area (Å²) in [6.07, 6.45) is 2.12. The minimum atomic E-state index is 0.214. The van der Waals surface area contributed by atoms with Gasteiger partial charge in [0, 0.05) is 18.7 Å². The Morgan fingerprint density at radius 2 is 2.43 bits per heavy atom. The maximum Gasteiger partial charge on any atom is 0.0622 e. The molecule has 0 amide bonds. The number of aliphatic hydroxyl groups excluding tert-OH is 1. The van der Waals surface area contributed by atoms with Crippen molar-refractivity contribution < 1.29 is 9.84 Å². The number of hydrogen-bond donors (Lipinski definition) is 2. The maximum absolute atomic E-state index is 9.00. The van der Waals surface area contributed by atoms with Crippen LogP contribution in [0.5, 0.6) is 0 Å². The highest BCUT2D eigenvalue weighted by molar-refractivity contribution is 4.74. The van der Waals surface area contributed by atoms with Gasteiger partial charge < -0.3 is 20.1 Å². The molecule has 1 aliphatic rings. The molecule has 0 spiro atoms. The molecule has 4 heteroatoms. The topological polar surface area (TPSA) is 44.7 Å². The second-order valence-corrected chi connectivity index (χ2v) is 3.95. The molecule has 84 valence electrons. The Labute approximate surface area is 86.2 Å². The first-order valence-corrected chi connectivity index (χ1v) is 5.34. The van der Waals surface area contributed by atoms with E-state index in [1.54, 1.807) is 0 Å². The Morgan fingerprint density at radius 1 is 1.64 bits per heavy atom. The van der Waals surface area contributed by atoms with Gasteiger partial charge in [-0.3, -0.25) is 0 Å². The standard InChI is InChI=1S/C10H22N2O2/c1-11-9(7-13)3-5-12(2)10-4-6-14-8-10/h9-11,13H,3-8H2,1-2H3. The van der Waals surface area contributed by atoms with Crippen LogP contribution in [-0.4, -0.2) is 62.6 Å². The van der Waals surface area contributed by atoms with Gasteiger partial charge >= 0.3 is 0 Å². The summed E-state index contributed by atoms with van der Waals surface area (Å²) in [5, 5.41) is 12.1. The minimum Gasteiger partial charge on any atom is -0.395 e. The van der Waals surface area contributed by atoms with Gasteiger partial charge in [0.25, 0.3) is 0 Å². The quantitative estimate of drug-likeness (QED) is 0.619. The normalized spacial score (nSPS) is 24.4. The molecule has 0 bridgehead atoms. The Morgan fingerprint density at radius 3 is 2.93 bits per heavy atom. The van der Waals surface area contributed by atoms with Gasteiger partial charge in [-0.15, -0.1) is 0 Å². The summed E-state index contributed by atoms with van der Waals surface area (Å²) in [7, 11) is 4.02. The van der Waals surface area contributed by atoms with E-state index >= 15 is 0 Å². The molecule has 0 radical (unpaired) electrons. The molecule has 1 saturated heterocycles. The van der Waals surface area contributed by atoms with E-state index in [9.17, 15) is 0 Å². The smallest absolute Gasteiger partial charge is 0.0622 e. The fourth-order valence-corrected chi connectivity index (χ4v) is 1.74. The van der Waals surface area contributed by atoms with E-state index in [1.165, 1.54) is 0 Å². The fourth-order valence-electron chi connectivity index (χ4n) is 1.74. The molecule has 0 aromatic heterocycles. The van der Waals surface area contributed by atoms with Crippen molar-refractivity contribution in [3.8, 4) is 0 Å². The highest BCUT2D eigenvalue weighted by Gasteiger charge is 2.20. The molecular formula is C10H22N2O2. The summed E-state index contributed by atoms with van der Waals surface area (Å²) in [6, 6.07) is 0.797. The van der Waals surface area contributed by atoms with Crippen molar-refractivity contribution in [3.63, 3.8) is 0 Å². The third-order valence-corrected chi connectivity index (χ3v) is 2.99. The number of nitrogens with one attached hydrogen (secondary N) is 1. The largest absolute Gasteiger partial charge is 0.395 e. The number of aliphatic hydroxyl groups is 1. The molecule has 0 aliphatic carbocycles. The van der Waals surface area contributed by atoms with Crippen molar-refractivity contribution in [2.45, 2.75) is 24.9 Å². The highest BCUT2D eigenvalue weighted by Crippen LogP contribution is 2.10. The van der Waals surface area contributed by atoms with Gasteiger partial charge in [0.05, 0.1) is 13.2 Å². The lowest BCUT2D eigenvalue weighted by Crippen LogP contribution is -2.37. The Kier molecular flexibility index (Phi) is 5.40. The van der Waals surface area contributed by atoms with Crippen molar-refractivity contribution in [2.24, 2.45) is 0 Å². The lowest BCUT2D eigenvalue weighted by atomic mass is 10.2. The third-order valence-electron chi connectivity index (χ3n) is 2.99. The molecule has 1 aliphatic heterocycles. The van der Waals surface area contributed by atoms with Crippen molar-refractivity contribution in [3.05, 3.63) is 0 Å². The second kappa shape index (κ2) is 6.35. The molecule has 4 nitrogen and oxygen atoms in total. The molecule has 1 fully saturated rings. The number of rotatable bonds is 6. The molecular weight excluding hydrogens is 180 g/mol. The molecule has 14 heavy (non-hydrogen) atoms. The molecule has 0 aromatic carbocycles. The highest BCUT2D eigenvalue weighted by atomic mass is 16.5. The number of likely N-dealkylation sites (N-methyl/N-ethyl adjacent to an activating group) is 2. The number of nitrogens with zero attached hydrogens (tertiary/aromatic N) is 1. The summed E-state index contributed by atoms with van der Waals surface area (Å²) in [5.41, 5.74) is 0. The van der Waals surface area contributed by atoms with E-state index in [1.807, 2.05) is 7.05 Å². The summed E-state index contributed by atoms with van der Waals surface area (Å²) < 4.78 is 5.33. The lowest BCUT2D eigenvalue weighted by Gasteiger charge is -2.24. The van der Waals surface area contributed by atoms with Crippen molar-refractivity contribution in [2.75, 3.05) is 40.5 Å². The summed E-state index contributed by atoms with van der Waals surface area (Å²) >= 11 is 0. The minimum absolute atomic E-state index is 0.214. The van der Waals surface area contributed by atoms with E-state index in [0.29, 0.717) is 6.04 Å². The van der Waals surface area contributed by atoms with Crippen LogP contribution in [0, 0.1) is 0 Å². The molecule has 2 unspecified atom stereocenters. The Hall–Kier alpha value is -0.160. The van der Waals surface area contributed by atoms with Crippen LogP contribution in [0.15, 0.2) is 0 Å². The van der Waals surface area contributed by atoms with Gasteiger partial charge in [-0.2, -0.15) is 0 Å². The fraction of sp³-hybridized carbons (Fsp3) is 1.00. The summed E-state index contributed by atoms with van der Waals surface area (Å²) in [4.78, 5) is 2.33. The Balaban J connectivity index is 2.15. The summed E-state index contributed by atoms with van der Waals surface area (Å²) in [5.74, 6) is 0. The zero-order chi connectivity index (χ0) is 10.4. The van der Waals surface area contributed by atoms with Gasteiger partial charge in [0.15, 0.2) is 0 Å². The molecule has 2 N–H and O–H groups in total. The summed E-state index contributed by atoms with van der Waals surface area (Å²) in [6.45, 7) is 2.98. The number of ether oxygens (including phenoxy) is 1. The zero-order valence-electron chi connectivity index (χ0n) is 9.20. The van der Waals surface area contributed by atoms with Crippen LogP contribution in [0.25, 0.3) is 0 Å². The van der Waals surface area contributed by atoms with E-state index in [0.717, 1.165) is 32.6 Å². The SMILES string of the molecule is CNC(CO)CCN(C)C1CCOC1. The van der Waals surface area contributed by atoms with Crippen molar-refractivity contribution >= 4 is 0 Å². The van der Waals surface area contributed by atoms with E-state index in [-0.39, 0.29) is 12.6 Å². The average molecular weight is 202 g/mol. The van der Waals surface area contributed by atoms with E-state index in [4.69, 9.17) is 9.84 Å². The third kappa shape index (κ3) is 3.53. The average Bonchev–Trinajstić information content (AvgIpc) is 2.72. The van der Waals surface area contributed by atoms with Gasteiger partial charge in [0.1, 0.15) is 0 Å². The van der Waals surface area contributed by atoms with Crippen molar-refractivity contribution in [1.29, 1.82) is 0 Å². The predicted octanol–water partition coefficient (Wildman–Crippen LogP) is -0.322. The first-order valence-electron chi connectivity index (χ1n) is 5.34. The van der Waals surface area contributed by atoms with Crippen LogP contribution >= 0.6 is 0 Å². The lowest BCUT2D eigenvalue weighted by molar-refractivity contribution is 0.152. The van der Waals surface area contributed by atoms with Gasteiger partial charge in [-0.1, -0.05) is 0 Å². The van der Waals surface area contributed by atoms with Crippen LogP contribution in [0.2, 0.25) is 0 Å². The van der Waals surface area contributed by atoms with Crippen LogP contribution in [-0.2, 0) is 4.74 Å². The van der Waals surface area contributed by atoms with E-state index < -0.39 is 0 Å². The van der Waals surface area contributed by atoms with Gasteiger partial charge in [-0.25, -0.2) is 0 Å². The molecule has 0 aromatic rings. The van der Waals surface area contributed by atoms with Gasteiger partial charge in [0.2, 0.25) is 0 Å². The Bertz CT molecular complexity index is 145. The first-order chi connectivity index (χ1) is 6.77. The van der Waals surface area contributed by atoms with Crippen LogP contribution in [0.4, 0.5) is 0 Å². The maximum atomic E-state index is 9.00. The zero-order valence-corrected chi connectivity index (χ0v) is 9.20. The first kappa shape index (κ1) is 11.9. The molecule has 0 saturated carbocycles. The predicted molar refractivity (Wildman–Crippen MR) is 56.4 cm³/mol. The molecule has 1 heterocycles. The van der Waals surface area contributed by atoms with Crippen LogP contribution in [0.3, 0.4) is 0 Å². The number of hydrogen-bond acceptors (Lipinski definition) is 4. The van der Waals surface area contributed by atoms with E-state index in [2.05, 4.69) is 17.3 Å². The second-order valence-electron chi connectivity index (χ2n) is 3.95. The molecule has 2 atom stereocenters. The molecule has 1 rings (SSSR count). The van der Waals surface area contributed by atoms with Crippen LogP contribution < -0.4 is 5.32 Å². The van der Waals surface area contributed by atoms with Gasteiger partial charge in [-0.05, 0) is 33.5 Å². The monoisotopic (exact) mass is 202 g/mol. The van der Waals surface area contributed by atoms with Crippen molar-refractivity contribution in [1.82, 2.24) is 10.2 Å². The van der Waals surface area contributed by atoms with Crippen LogP contribution in [0.1, 0.15) is 12.8 Å².